The predicted molar refractivity (Wildman–Crippen MR) is 85.9 cm³/mol. The number of carbonyl (C=O) groups excluding carboxylic acids is 1. The van der Waals surface area contributed by atoms with Crippen LogP contribution in [0, 0.1) is 11.8 Å². The number of ketones is 1. The minimum absolute atomic E-state index is 0.254. The average Bonchev–Trinajstić information content (AvgIpc) is 2.51. The van der Waals surface area contributed by atoms with Crippen molar-refractivity contribution in [2.75, 3.05) is 13.1 Å². The molecule has 0 N–H and O–H groups in total. The number of rotatable bonds is 5. The predicted octanol–water partition coefficient (Wildman–Crippen LogP) is 3.77. The molecule has 3 rings (SSSR count). The third-order valence-electron chi connectivity index (χ3n) is 4.67. The third kappa shape index (κ3) is 3.01. The van der Waals surface area contributed by atoms with E-state index in [2.05, 4.69) is 59.5 Å². The molecule has 1 saturated heterocycles. The van der Waals surface area contributed by atoms with E-state index in [4.69, 9.17) is 0 Å². The van der Waals surface area contributed by atoms with E-state index in [1.165, 1.54) is 5.56 Å². The first-order chi connectivity index (χ1) is 10.3. The number of benzene rings is 1. The highest BCUT2D eigenvalue weighted by atomic mass is 16.1. The Morgan fingerprint density at radius 3 is 2.62 bits per heavy atom. The van der Waals surface area contributed by atoms with Crippen LogP contribution in [0.4, 0.5) is 0 Å². The van der Waals surface area contributed by atoms with Gasteiger partial charge in [-0.2, -0.15) is 0 Å². The average molecular weight is 281 g/mol. The fourth-order valence-corrected chi connectivity index (χ4v) is 3.44. The van der Waals surface area contributed by atoms with Crippen molar-refractivity contribution in [3.63, 3.8) is 0 Å². The van der Waals surface area contributed by atoms with Crippen molar-refractivity contribution in [2.45, 2.75) is 25.8 Å². The maximum atomic E-state index is 11.8. The molecule has 2 atom stereocenters. The van der Waals surface area contributed by atoms with Crippen molar-refractivity contribution < 1.29 is 4.79 Å². The summed E-state index contributed by atoms with van der Waals surface area (Å²) in [5.74, 6) is 1.18. The quantitative estimate of drug-likeness (QED) is 0.819. The smallest absolute Gasteiger partial charge is 0.138 e. The normalized spacial score (nSPS) is 23.8. The number of Topliss-reactive ketones (excluding diaryl/α,β-unsaturated/α-hetero) is 1. The Hall–Kier alpha value is -1.67. The monoisotopic (exact) mass is 281 g/mol. The molecule has 0 bridgehead atoms. The van der Waals surface area contributed by atoms with Gasteiger partial charge in [-0.3, -0.25) is 9.69 Å². The zero-order chi connectivity index (χ0) is 14.7. The lowest BCUT2D eigenvalue weighted by Crippen LogP contribution is -2.53. The van der Waals surface area contributed by atoms with Crippen LogP contribution in [-0.4, -0.2) is 23.8 Å². The van der Waals surface area contributed by atoms with Gasteiger partial charge in [0.1, 0.15) is 5.78 Å². The molecule has 2 nitrogen and oxygen atoms in total. The minimum Gasteiger partial charge on any atom is -0.299 e. The Labute approximate surface area is 127 Å². The summed E-state index contributed by atoms with van der Waals surface area (Å²) in [6.45, 7) is 3.80. The van der Waals surface area contributed by atoms with Crippen LogP contribution in [0.3, 0.4) is 0 Å². The summed E-state index contributed by atoms with van der Waals surface area (Å²) in [5.41, 5.74) is 1.37. The van der Waals surface area contributed by atoms with Crippen LogP contribution < -0.4 is 0 Å². The zero-order valence-corrected chi connectivity index (χ0v) is 12.6. The Morgan fingerprint density at radius 1 is 1.24 bits per heavy atom. The Morgan fingerprint density at radius 2 is 2.00 bits per heavy atom. The number of hydrogen-bond acceptors (Lipinski definition) is 2. The van der Waals surface area contributed by atoms with Crippen LogP contribution in [0.25, 0.3) is 0 Å². The molecule has 1 aliphatic heterocycles. The van der Waals surface area contributed by atoms with Gasteiger partial charge in [0.05, 0.1) is 0 Å². The third-order valence-corrected chi connectivity index (χ3v) is 4.67. The van der Waals surface area contributed by atoms with E-state index in [1.807, 2.05) is 6.92 Å². The molecule has 0 spiro atoms. The number of allylic oxidation sites excluding steroid dienone is 3. The van der Waals surface area contributed by atoms with Gasteiger partial charge in [-0.25, -0.2) is 0 Å². The van der Waals surface area contributed by atoms with Gasteiger partial charge in [-0.05, 0) is 12.0 Å². The number of hydrogen-bond donors (Lipinski definition) is 0. The van der Waals surface area contributed by atoms with E-state index >= 15 is 0 Å². The Bertz CT molecular complexity index is 540. The molecule has 0 amide bonds. The molecule has 1 heterocycles. The van der Waals surface area contributed by atoms with Crippen molar-refractivity contribution in [2.24, 2.45) is 11.8 Å². The maximum Gasteiger partial charge on any atom is 0.138 e. The van der Waals surface area contributed by atoms with Crippen molar-refractivity contribution in [1.29, 1.82) is 0 Å². The molecule has 1 aromatic rings. The summed E-state index contributed by atoms with van der Waals surface area (Å²) >= 11 is 0. The van der Waals surface area contributed by atoms with Gasteiger partial charge in [0.2, 0.25) is 0 Å². The lowest BCUT2D eigenvalue weighted by atomic mass is 9.82. The van der Waals surface area contributed by atoms with Crippen LogP contribution in [0.2, 0.25) is 0 Å². The van der Waals surface area contributed by atoms with E-state index in [0.717, 1.165) is 19.5 Å². The Kier molecular flexibility index (Phi) is 4.35. The highest BCUT2D eigenvalue weighted by Gasteiger charge is 2.38. The second-order valence-electron chi connectivity index (χ2n) is 6.04. The van der Waals surface area contributed by atoms with Crippen LogP contribution in [0.15, 0.2) is 54.6 Å². The molecule has 0 aromatic heterocycles. The zero-order valence-electron chi connectivity index (χ0n) is 12.6. The molecule has 2 aliphatic rings. The minimum atomic E-state index is 0.254. The van der Waals surface area contributed by atoms with E-state index in [1.54, 1.807) is 0 Å². The van der Waals surface area contributed by atoms with E-state index in [9.17, 15) is 4.79 Å². The van der Waals surface area contributed by atoms with Gasteiger partial charge in [0, 0.05) is 37.4 Å². The molecule has 21 heavy (non-hydrogen) atoms. The summed E-state index contributed by atoms with van der Waals surface area (Å²) in [5, 5.41) is 0. The molecule has 0 saturated carbocycles. The molecule has 110 valence electrons. The topological polar surface area (TPSA) is 20.3 Å². The molecular weight excluding hydrogens is 258 g/mol. The highest BCUT2D eigenvalue weighted by molar-refractivity contribution is 5.82. The van der Waals surface area contributed by atoms with Gasteiger partial charge < -0.3 is 0 Å². The fourth-order valence-electron chi connectivity index (χ4n) is 3.44. The number of nitrogens with zero attached hydrogens (tertiary/aromatic N) is 1. The molecule has 2 heteroatoms. The lowest BCUT2D eigenvalue weighted by Gasteiger charge is -2.46. The molecule has 1 aliphatic carbocycles. The summed E-state index contributed by atoms with van der Waals surface area (Å²) in [4.78, 5) is 14.3. The van der Waals surface area contributed by atoms with Crippen molar-refractivity contribution in [3.05, 3.63) is 60.2 Å². The first kappa shape index (κ1) is 14.3. The SMILES string of the molecule is CCC(=O)C1CN(C(c2ccccc2)C2C=CC=CC2)C1. The van der Waals surface area contributed by atoms with Crippen molar-refractivity contribution in [1.82, 2.24) is 4.90 Å². The molecular formula is C19H23NO. The summed E-state index contributed by atoms with van der Waals surface area (Å²) in [6, 6.07) is 11.1. The van der Waals surface area contributed by atoms with Gasteiger partial charge in [-0.1, -0.05) is 61.6 Å². The van der Waals surface area contributed by atoms with E-state index < -0.39 is 0 Å². The first-order valence-electron chi connectivity index (χ1n) is 7.94. The summed E-state index contributed by atoms with van der Waals surface area (Å²) in [6.07, 6.45) is 10.6. The first-order valence-corrected chi connectivity index (χ1v) is 7.94. The van der Waals surface area contributed by atoms with Gasteiger partial charge in [0.25, 0.3) is 0 Å². The molecule has 0 radical (unpaired) electrons. The molecule has 1 fully saturated rings. The lowest BCUT2D eigenvalue weighted by molar-refractivity contribution is -0.129. The largest absolute Gasteiger partial charge is 0.299 e. The second-order valence-corrected chi connectivity index (χ2v) is 6.04. The second kappa shape index (κ2) is 6.40. The van der Waals surface area contributed by atoms with Crippen LogP contribution in [0.1, 0.15) is 31.4 Å². The summed E-state index contributed by atoms with van der Waals surface area (Å²) in [7, 11) is 0. The van der Waals surface area contributed by atoms with E-state index in [0.29, 0.717) is 24.2 Å². The van der Waals surface area contributed by atoms with Crippen LogP contribution >= 0.6 is 0 Å². The van der Waals surface area contributed by atoms with E-state index in [-0.39, 0.29) is 5.92 Å². The van der Waals surface area contributed by atoms with Crippen LogP contribution in [-0.2, 0) is 4.79 Å². The molecule has 1 aromatic carbocycles. The van der Waals surface area contributed by atoms with Gasteiger partial charge >= 0.3 is 0 Å². The maximum absolute atomic E-state index is 11.8. The fraction of sp³-hybridized carbons (Fsp3) is 0.421. The van der Waals surface area contributed by atoms with Crippen molar-refractivity contribution in [3.8, 4) is 0 Å². The van der Waals surface area contributed by atoms with Gasteiger partial charge in [-0.15, -0.1) is 0 Å². The van der Waals surface area contributed by atoms with Gasteiger partial charge in [0.15, 0.2) is 0 Å². The highest BCUT2D eigenvalue weighted by Crippen LogP contribution is 2.38. The molecule has 2 unspecified atom stereocenters. The van der Waals surface area contributed by atoms with Crippen molar-refractivity contribution >= 4 is 5.78 Å². The van der Waals surface area contributed by atoms with Crippen LogP contribution in [0.5, 0.6) is 0 Å². The summed E-state index contributed by atoms with van der Waals surface area (Å²) < 4.78 is 0. The number of likely N-dealkylation sites (tertiary alicyclic amines) is 1. The standard InChI is InChI=1S/C19H23NO/c1-2-18(21)17-13-20(14-17)19(15-9-5-3-6-10-15)16-11-7-4-8-12-16/h3-11,16-17,19H,2,12-14H2,1H3. The Balaban J connectivity index is 1.76. The number of carbonyl (C=O) groups is 1.